The third-order valence-electron chi connectivity index (χ3n) is 6.13. The van der Waals surface area contributed by atoms with Gasteiger partial charge >= 0.3 is 0 Å². The van der Waals surface area contributed by atoms with Gasteiger partial charge in [-0.3, -0.25) is 0 Å². The van der Waals surface area contributed by atoms with Crippen molar-refractivity contribution in [3.05, 3.63) is 65.2 Å². The predicted molar refractivity (Wildman–Crippen MR) is 96.6 cm³/mol. The van der Waals surface area contributed by atoms with E-state index in [-0.39, 0.29) is 0 Å². The Balaban J connectivity index is 1.84. The topological polar surface area (TPSA) is 29.5 Å². The standard InChI is InChI=1S/C22H26O2/c1-24-14-21-19-8-3-2-6-17(19)18-7-4-5-9-20(18)22(21)15-10-12-16(23)13-11-15/h2-3,6,8,10-13,18,20-23H,4-5,7,9,14H2,1H3. The molecule has 4 rings (SSSR count). The average molecular weight is 322 g/mol. The Kier molecular flexibility index (Phi) is 4.32. The van der Waals surface area contributed by atoms with E-state index in [1.807, 2.05) is 19.2 Å². The lowest BCUT2D eigenvalue weighted by atomic mass is 9.58. The molecule has 24 heavy (non-hydrogen) atoms. The molecule has 2 heteroatoms. The monoisotopic (exact) mass is 322 g/mol. The Morgan fingerprint density at radius 1 is 0.958 bits per heavy atom. The fraction of sp³-hybridized carbons (Fsp3) is 0.455. The van der Waals surface area contributed by atoms with Crippen LogP contribution in [0.25, 0.3) is 0 Å². The molecule has 0 radical (unpaired) electrons. The fourth-order valence-electron chi connectivity index (χ4n) is 5.20. The molecule has 1 fully saturated rings. The van der Waals surface area contributed by atoms with E-state index in [9.17, 15) is 5.11 Å². The Morgan fingerprint density at radius 3 is 2.42 bits per heavy atom. The van der Waals surface area contributed by atoms with Crippen LogP contribution in [0.3, 0.4) is 0 Å². The van der Waals surface area contributed by atoms with Crippen molar-refractivity contribution < 1.29 is 9.84 Å². The quantitative estimate of drug-likeness (QED) is 0.842. The van der Waals surface area contributed by atoms with Crippen LogP contribution in [0.1, 0.15) is 60.1 Å². The highest BCUT2D eigenvalue weighted by molar-refractivity contribution is 5.43. The summed E-state index contributed by atoms with van der Waals surface area (Å²) >= 11 is 0. The summed E-state index contributed by atoms with van der Waals surface area (Å²) in [6, 6.07) is 16.9. The van der Waals surface area contributed by atoms with Crippen molar-refractivity contribution in [1.82, 2.24) is 0 Å². The second-order valence-electron chi connectivity index (χ2n) is 7.36. The zero-order chi connectivity index (χ0) is 16.5. The molecule has 0 bridgehead atoms. The maximum atomic E-state index is 9.69. The number of ether oxygens (including phenoxy) is 1. The molecule has 0 aromatic heterocycles. The average Bonchev–Trinajstić information content (AvgIpc) is 2.63. The van der Waals surface area contributed by atoms with Gasteiger partial charge in [0.25, 0.3) is 0 Å². The molecule has 2 aromatic rings. The molecule has 4 atom stereocenters. The summed E-state index contributed by atoms with van der Waals surface area (Å²) in [7, 11) is 1.81. The Morgan fingerprint density at radius 2 is 1.67 bits per heavy atom. The van der Waals surface area contributed by atoms with Gasteiger partial charge in [0.1, 0.15) is 5.75 Å². The fourth-order valence-corrected chi connectivity index (χ4v) is 5.20. The van der Waals surface area contributed by atoms with Gasteiger partial charge in [-0.05, 0) is 59.4 Å². The van der Waals surface area contributed by atoms with Crippen molar-refractivity contribution in [3.63, 3.8) is 0 Å². The van der Waals surface area contributed by atoms with Gasteiger partial charge in [-0.15, -0.1) is 0 Å². The van der Waals surface area contributed by atoms with Crippen LogP contribution >= 0.6 is 0 Å². The SMILES string of the molecule is COCC1c2ccccc2C2CCCCC2C1c1ccc(O)cc1. The van der Waals surface area contributed by atoms with E-state index in [4.69, 9.17) is 4.74 Å². The van der Waals surface area contributed by atoms with Gasteiger partial charge in [0, 0.05) is 13.0 Å². The third kappa shape index (κ3) is 2.63. The van der Waals surface area contributed by atoms with Gasteiger partial charge in [-0.25, -0.2) is 0 Å². The van der Waals surface area contributed by atoms with E-state index in [0.717, 1.165) is 6.61 Å². The Hall–Kier alpha value is -1.80. The van der Waals surface area contributed by atoms with Gasteiger partial charge in [0.15, 0.2) is 0 Å². The van der Waals surface area contributed by atoms with E-state index in [2.05, 4.69) is 36.4 Å². The van der Waals surface area contributed by atoms with Crippen LogP contribution in [0.5, 0.6) is 5.75 Å². The van der Waals surface area contributed by atoms with Crippen LogP contribution in [0, 0.1) is 5.92 Å². The highest BCUT2D eigenvalue weighted by Gasteiger charge is 2.43. The number of aromatic hydroxyl groups is 1. The zero-order valence-electron chi connectivity index (χ0n) is 14.3. The number of phenolic OH excluding ortho intramolecular Hbond substituents is 1. The largest absolute Gasteiger partial charge is 0.508 e. The molecule has 2 aliphatic rings. The summed E-state index contributed by atoms with van der Waals surface area (Å²) in [4.78, 5) is 0. The Labute approximate surface area is 144 Å². The number of rotatable bonds is 3. The molecule has 2 aliphatic carbocycles. The zero-order valence-corrected chi connectivity index (χ0v) is 14.3. The van der Waals surface area contributed by atoms with Crippen molar-refractivity contribution >= 4 is 0 Å². The number of benzene rings is 2. The van der Waals surface area contributed by atoms with E-state index in [1.165, 1.54) is 36.8 Å². The molecule has 2 aromatic carbocycles. The summed E-state index contributed by atoms with van der Waals surface area (Å²) in [5.74, 6) is 2.57. The van der Waals surface area contributed by atoms with Gasteiger partial charge < -0.3 is 9.84 Å². The molecule has 4 unspecified atom stereocenters. The van der Waals surface area contributed by atoms with E-state index < -0.39 is 0 Å². The van der Waals surface area contributed by atoms with E-state index >= 15 is 0 Å². The van der Waals surface area contributed by atoms with E-state index in [1.54, 1.807) is 5.56 Å². The molecular weight excluding hydrogens is 296 g/mol. The van der Waals surface area contributed by atoms with Crippen LogP contribution in [0.2, 0.25) is 0 Å². The summed E-state index contributed by atoms with van der Waals surface area (Å²) in [6.45, 7) is 0.756. The molecule has 0 spiro atoms. The lowest BCUT2D eigenvalue weighted by Gasteiger charge is -2.47. The minimum Gasteiger partial charge on any atom is -0.508 e. The van der Waals surface area contributed by atoms with Crippen molar-refractivity contribution in [2.45, 2.75) is 43.4 Å². The second-order valence-corrected chi connectivity index (χ2v) is 7.36. The van der Waals surface area contributed by atoms with Crippen LogP contribution < -0.4 is 0 Å². The first-order valence-electron chi connectivity index (χ1n) is 9.16. The first kappa shape index (κ1) is 15.7. The maximum absolute atomic E-state index is 9.69. The maximum Gasteiger partial charge on any atom is 0.115 e. The molecule has 0 amide bonds. The highest BCUT2D eigenvalue weighted by Crippen LogP contribution is 2.56. The van der Waals surface area contributed by atoms with Crippen molar-refractivity contribution in [2.24, 2.45) is 5.92 Å². The van der Waals surface area contributed by atoms with Gasteiger partial charge in [0.05, 0.1) is 6.61 Å². The first-order chi connectivity index (χ1) is 11.8. The summed E-state index contributed by atoms with van der Waals surface area (Å²) in [5.41, 5.74) is 4.38. The molecule has 0 saturated heterocycles. The lowest BCUT2D eigenvalue weighted by molar-refractivity contribution is 0.130. The molecular formula is C22H26O2. The minimum absolute atomic E-state index is 0.346. The molecule has 0 heterocycles. The van der Waals surface area contributed by atoms with Crippen molar-refractivity contribution in [1.29, 1.82) is 0 Å². The number of hydrogen-bond acceptors (Lipinski definition) is 2. The van der Waals surface area contributed by atoms with Gasteiger partial charge in [-0.1, -0.05) is 49.2 Å². The summed E-state index contributed by atoms with van der Waals surface area (Å²) in [6.07, 6.45) is 5.27. The molecule has 1 saturated carbocycles. The van der Waals surface area contributed by atoms with Crippen LogP contribution in [0.4, 0.5) is 0 Å². The van der Waals surface area contributed by atoms with Gasteiger partial charge in [-0.2, -0.15) is 0 Å². The highest BCUT2D eigenvalue weighted by atomic mass is 16.5. The van der Waals surface area contributed by atoms with Crippen LogP contribution in [-0.2, 0) is 4.74 Å². The molecule has 1 N–H and O–H groups in total. The molecule has 2 nitrogen and oxygen atoms in total. The Bertz CT molecular complexity index is 691. The second kappa shape index (κ2) is 6.60. The normalized spacial score (nSPS) is 28.9. The van der Waals surface area contributed by atoms with Crippen LogP contribution in [0.15, 0.2) is 48.5 Å². The van der Waals surface area contributed by atoms with Crippen LogP contribution in [-0.4, -0.2) is 18.8 Å². The first-order valence-corrected chi connectivity index (χ1v) is 9.16. The predicted octanol–water partition coefficient (Wildman–Crippen LogP) is 5.19. The summed E-state index contributed by atoms with van der Waals surface area (Å²) in [5, 5.41) is 9.69. The number of phenols is 1. The number of methoxy groups -OCH3 is 1. The van der Waals surface area contributed by atoms with Gasteiger partial charge in [0.2, 0.25) is 0 Å². The van der Waals surface area contributed by atoms with Crippen molar-refractivity contribution in [3.8, 4) is 5.75 Å². The smallest absolute Gasteiger partial charge is 0.115 e. The lowest BCUT2D eigenvalue weighted by Crippen LogP contribution is -2.35. The van der Waals surface area contributed by atoms with Crippen molar-refractivity contribution in [2.75, 3.05) is 13.7 Å². The number of hydrogen-bond donors (Lipinski definition) is 1. The number of fused-ring (bicyclic) bond motifs is 3. The molecule has 0 aliphatic heterocycles. The minimum atomic E-state index is 0.346. The summed E-state index contributed by atoms with van der Waals surface area (Å²) < 4.78 is 5.64. The van der Waals surface area contributed by atoms with E-state index in [0.29, 0.717) is 29.4 Å². The third-order valence-corrected chi connectivity index (χ3v) is 6.13. The molecule has 126 valence electrons.